The molecule has 1 aromatic carbocycles. The van der Waals surface area contributed by atoms with Gasteiger partial charge in [-0.05, 0) is 37.0 Å². The number of carbonyl (C=O) groups excluding carboxylic acids is 1. The average Bonchev–Trinajstić information content (AvgIpc) is 2.90. The molecule has 1 fully saturated rings. The fourth-order valence-corrected chi connectivity index (χ4v) is 2.35. The topological polar surface area (TPSA) is 50.4 Å². The number of halogens is 3. The minimum atomic E-state index is -4.09. The van der Waals surface area contributed by atoms with Crippen molar-refractivity contribution in [3.05, 3.63) is 29.8 Å². The van der Waals surface area contributed by atoms with E-state index >= 15 is 0 Å². The first-order valence-electron chi connectivity index (χ1n) is 7.74. The first-order chi connectivity index (χ1) is 10.9. The van der Waals surface area contributed by atoms with Crippen molar-refractivity contribution >= 4 is 5.91 Å². The predicted octanol–water partition coefficient (Wildman–Crippen LogP) is 2.78. The highest BCUT2D eigenvalue weighted by Crippen LogP contribution is 2.22. The number of rotatable bonds is 8. The van der Waals surface area contributed by atoms with E-state index in [4.69, 9.17) is 4.74 Å². The number of nitrogens with one attached hydrogen (secondary N) is 2. The van der Waals surface area contributed by atoms with E-state index in [-0.39, 0.29) is 25.0 Å². The normalized spacial score (nSPS) is 18.0. The summed E-state index contributed by atoms with van der Waals surface area (Å²) in [6.07, 6.45) is -3.62. The molecule has 1 unspecified atom stereocenters. The maximum Gasteiger partial charge on any atom is 0.389 e. The Balaban J connectivity index is 1.65. The molecule has 1 atom stereocenters. The molecule has 0 radical (unpaired) electrons. The molecule has 1 aliphatic heterocycles. The van der Waals surface area contributed by atoms with Crippen LogP contribution in [0.3, 0.4) is 0 Å². The molecule has 1 amide bonds. The van der Waals surface area contributed by atoms with E-state index in [9.17, 15) is 18.0 Å². The number of benzene rings is 1. The third kappa shape index (κ3) is 6.48. The summed E-state index contributed by atoms with van der Waals surface area (Å²) in [7, 11) is 0. The number of hydrogen-bond acceptors (Lipinski definition) is 3. The van der Waals surface area contributed by atoms with Crippen LogP contribution >= 0.6 is 0 Å². The monoisotopic (exact) mass is 330 g/mol. The molecule has 0 aliphatic carbocycles. The van der Waals surface area contributed by atoms with Gasteiger partial charge in [-0.25, -0.2) is 0 Å². The van der Waals surface area contributed by atoms with Crippen LogP contribution in [0.1, 0.15) is 31.2 Å². The van der Waals surface area contributed by atoms with Crippen LogP contribution in [-0.2, 0) is 11.3 Å². The molecule has 1 saturated heterocycles. The third-order valence-corrected chi connectivity index (χ3v) is 3.65. The van der Waals surface area contributed by atoms with Crippen molar-refractivity contribution in [2.75, 3.05) is 13.2 Å². The fourth-order valence-electron chi connectivity index (χ4n) is 2.35. The summed E-state index contributed by atoms with van der Waals surface area (Å²) < 4.78 is 41.4. The highest BCUT2D eigenvalue weighted by atomic mass is 19.4. The van der Waals surface area contributed by atoms with Crippen LogP contribution in [0.5, 0.6) is 5.75 Å². The van der Waals surface area contributed by atoms with Crippen LogP contribution in [0.4, 0.5) is 13.2 Å². The summed E-state index contributed by atoms with van der Waals surface area (Å²) in [5.74, 6) is 0.670. The van der Waals surface area contributed by atoms with Crippen molar-refractivity contribution in [3.8, 4) is 5.75 Å². The SMILES string of the molecule is O=C1NCCC1NCc1ccc(OCCCCC(F)(F)F)cc1. The third-order valence-electron chi connectivity index (χ3n) is 3.65. The molecule has 1 aliphatic rings. The molecular weight excluding hydrogens is 309 g/mol. The highest BCUT2D eigenvalue weighted by Gasteiger charge is 2.25. The second kappa shape index (κ2) is 8.19. The largest absolute Gasteiger partial charge is 0.494 e. The summed E-state index contributed by atoms with van der Waals surface area (Å²) in [4.78, 5) is 11.4. The van der Waals surface area contributed by atoms with E-state index in [1.807, 2.05) is 12.1 Å². The van der Waals surface area contributed by atoms with Gasteiger partial charge in [-0.15, -0.1) is 0 Å². The van der Waals surface area contributed by atoms with Crippen LogP contribution in [-0.4, -0.2) is 31.3 Å². The van der Waals surface area contributed by atoms with Gasteiger partial charge in [-0.1, -0.05) is 12.1 Å². The van der Waals surface area contributed by atoms with Crippen molar-refractivity contribution in [3.63, 3.8) is 0 Å². The lowest BCUT2D eigenvalue weighted by molar-refractivity contribution is -0.135. The maximum absolute atomic E-state index is 12.0. The molecule has 1 heterocycles. The van der Waals surface area contributed by atoms with Gasteiger partial charge in [0, 0.05) is 19.5 Å². The Bertz CT molecular complexity index is 503. The summed E-state index contributed by atoms with van der Waals surface area (Å²) in [6, 6.07) is 7.19. The zero-order chi connectivity index (χ0) is 16.7. The van der Waals surface area contributed by atoms with Gasteiger partial charge in [0.25, 0.3) is 0 Å². The first-order valence-corrected chi connectivity index (χ1v) is 7.74. The average molecular weight is 330 g/mol. The number of unbranched alkanes of at least 4 members (excludes halogenated alkanes) is 1. The fraction of sp³-hybridized carbons (Fsp3) is 0.562. The van der Waals surface area contributed by atoms with Crippen molar-refractivity contribution in [2.45, 2.75) is 44.4 Å². The molecular formula is C16H21F3N2O2. The Morgan fingerprint density at radius 3 is 2.57 bits per heavy atom. The van der Waals surface area contributed by atoms with E-state index in [1.54, 1.807) is 12.1 Å². The van der Waals surface area contributed by atoms with E-state index in [0.29, 0.717) is 25.3 Å². The first kappa shape index (κ1) is 17.6. The van der Waals surface area contributed by atoms with Gasteiger partial charge in [-0.2, -0.15) is 13.2 Å². The van der Waals surface area contributed by atoms with Gasteiger partial charge < -0.3 is 15.4 Å². The number of hydrogen-bond donors (Lipinski definition) is 2. The number of ether oxygens (including phenoxy) is 1. The molecule has 7 heteroatoms. The second-order valence-electron chi connectivity index (χ2n) is 5.58. The van der Waals surface area contributed by atoms with Gasteiger partial charge in [0.2, 0.25) is 5.91 Å². The smallest absolute Gasteiger partial charge is 0.389 e. The summed E-state index contributed by atoms with van der Waals surface area (Å²) in [6.45, 7) is 1.57. The maximum atomic E-state index is 12.0. The summed E-state index contributed by atoms with van der Waals surface area (Å²) >= 11 is 0. The number of amides is 1. The molecule has 0 aromatic heterocycles. The molecule has 0 saturated carbocycles. The minimum absolute atomic E-state index is 0.0313. The molecule has 128 valence electrons. The van der Waals surface area contributed by atoms with Gasteiger partial charge in [0.05, 0.1) is 12.6 Å². The Morgan fingerprint density at radius 2 is 1.96 bits per heavy atom. The number of alkyl halides is 3. The molecule has 1 aromatic rings. The van der Waals surface area contributed by atoms with Crippen LogP contribution < -0.4 is 15.4 Å². The molecule has 23 heavy (non-hydrogen) atoms. The van der Waals surface area contributed by atoms with E-state index in [0.717, 1.165) is 12.0 Å². The van der Waals surface area contributed by atoms with Gasteiger partial charge in [-0.3, -0.25) is 4.79 Å². The van der Waals surface area contributed by atoms with Crippen LogP contribution in [0, 0.1) is 0 Å². The van der Waals surface area contributed by atoms with Crippen LogP contribution in [0.15, 0.2) is 24.3 Å². The van der Waals surface area contributed by atoms with Crippen molar-refractivity contribution in [1.82, 2.24) is 10.6 Å². The molecule has 2 N–H and O–H groups in total. The van der Waals surface area contributed by atoms with E-state index in [1.165, 1.54) is 0 Å². The van der Waals surface area contributed by atoms with Crippen molar-refractivity contribution < 1.29 is 22.7 Å². The highest BCUT2D eigenvalue weighted by molar-refractivity contribution is 5.83. The lowest BCUT2D eigenvalue weighted by Gasteiger charge is -2.11. The van der Waals surface area contributed by atoms with Gasteiger partial charge in [0.1, 0.15) is 5.75 Å². The minimum Gasteiger partial charge on any atom is -0.494 e. The Labute approximate surface area is 133 Å². The lowest BCUT2D eigenvalue weighted by atomic mass is 10.2. The number of carbonyl (C=O) groups is 1. The zero-order valence-corrected chi connectivity index (χ0v) is 12.8. The summed E-state index contributed by atoms with van der Waals surface area (Å²) in [5.41, 5.74) is 1.02. The van der Waals surface area contributed by atoms with Crippen molar-refractivity contribution in [1.29, 1.82) is 0 Å². The zero-order valence-electron chi connectivity index (χ0n) is 12.8. The van der Waals surface area contributed by atoms with E-state index < -0.39 is 12.6 Å². The van der Waals surface area contributed by atoms with E-state index in [2.05, 4.69) is 10.6 Å². The quantitative estimate of drug-likeness (QED) is 0.721. The van der Waals surface area contributed by atoms with Crippen molar-refractivity contribution in [2.24, 2.45) is 0 Å². The second-order valence-corrected chi connectivity index (χ2v) is 5.58. The molecule has 2 rings (SSSR count). The Kier molecular flexibility index (Phi) is 6.27. The predicted molar refractivity (Wildman–Crippen MR) is 80.1 cm³/mol. The van der Waals surface area contributed by atoms with Gasteiger partial charge in [0.15, 0.2) is 0 Å². The Hall–Kier alpha value is -1.76. The summed E-state index contributed by atoms with van der Waals surface area (Å²) in [5, 5.41) is 5.95. The molecule has 0 spiro atoms. The Morgan fingerprint density at radius 1 is 1.22 bits per heavy atom. The van der Waals surface area contributed by atoms with Crippen LogP contribution in [0.2, 0.25) is 0 Å². The molecule has 4 nitrogen and oxygen atoms in total. The van der Waals surface area contributed by atoms with Gasteiger partial charge >= 0.3 is 6.18 Å². The molecule has 0 bridgehead atoms. The lowest BCUT2D eigenvalue weighted by Crippen LogP contribution is -2.35. The standard InChI is InChI=1S/C16H21F3N2O2/c17-16(18,19)8-1-2-10-23-13-5-3-12(4-6-13)11-21-14-7-9-20-15(14)22/h3-6,14,21H,1-2,7-11H2,(H,20,22). The van der Waals surface area contributed by atoms with Crippen LogP contribution in [0.25, 0.3) is 0 Å².